The zero-order chi connectivity index (χ0) is 13.1. The Balaban J connectivity index is 2.18. The summed E-state index contributed by atoms with van der Waals surface area (Å²) in [6, 6.07) is 6.79. The van der Waals surface area contributed by atoms with E-state index in [0.717, 1.165) is 17.4 Å². The third-order valence-electron chi connectivity index (χ3n) is 2.75. The van der Waals surface area contributed by atoms with Crippen LogP contribution in [0.15, 0.2) is 30.5 Å². The van der Waals surface area contributed by atoms with Gasteiger partial charge in [0.2, 0.25) is 0 Å². The zero-order valence-electron chi connectivity index (χ0n) is 10.5. The molecule has 1 heterocycles. The Morgan fingerprint density at radius 1 is 1.39 bits per heavy atom. The molecule has 2 aromatic rings. The highest BCUT2D eigenvalue weighted by atomic mass is 16.6. The third-order valence-corrected chi connectivity index (χ3v) is 2.75. The van der Waals surface area contributed by atoms with Gasteiger partial charge in [0.15, 0.2) is 0 Å². The van der Waals surface area contributed by atoms with Gasteiger partial charge in [-0.05, 0) is 26.0 Å². The van der Waals surface area contributed by atoms with Crippen molar-refractivity contribution in [1.82, 2.24) is 4.57 Å². The predicted molar refractivity (Wildman–Crippen MR) is 69.7 cm³/mol. The Hall–Kier alpha value is -1.88. The number of rotatable bonds is 5. The van der Waals surface area contributed by atoms with Crippen molar-refractivity contribution in [1.29, 1.82) is 0 Å². The van der Waals surface area contributed by atoms with Crippen LogP contribution in [0.1, 0.15) is 13.8 Å². The van der Waals surface area contributed by atoms with E-state index < -0.39 is 0 Å². The molecule has 2 rings (SSSR count). The first kappa shape index (κ1) is 12.6. The Morgan fingerprint density at radius 3 is 2.83 bits per heavy atom. The molecule has 1 aromatic heterocycles. The standard InChI is InChI=1S/C13H16N2O3/c1-10(2)18-8-7-14-6-5-11-9-12(15(16)17)3-4-13(11)14/h3-6,9-10H,7-8H2,1-2H3. The van der Waals surface area contributed by atoms with Gasteiger partial charge in [-0.1, -0.05) is 0 Å². The number of aromatic nitrogens is 1. The number of nitro groups is 1. The van der Waals surface area contributed by atoms with E-state index >= 15 is 0 Å². The summed E-state index contributed by atoms with van der Waals surface area (Å²) in [5, 5.41) is 11.6. The number of nitrogens with zero attached hydrogens (tertiary/aromatic N) is 2. The van der Waals surface area contributed by atoms with E-state index in [1.165, 1.54) is 6.07 Å². The Labute approximate surface area is 105 Å². The minimum Gasteiger partial charge on any atom is -0.377 e. The lowest BCUT2D eigenvalue weighted by Crippen LogP contribution is -2.09. The average molecular weight is 248 g/mol. The molecule has 0 unspecified atom stereocenters. The summed E-state index contributed by atoms with van der Waals surface area (Å²) in [5.41, 5.74) is 1.12. The molecule has 0 saturated carbocycles. The van der Waals surface area contributed by atoms with E-state index in [2.05, 4.69) is 0 Å². The monoisotopic (exact) mass is 248 g/mol. The summed E-state index contributed by atoms with van der Waals surface area (Å²) in [4.78, 5) is 10.3. The molecule has 0 atom stereocenters. The first-order chi connectivity index (χ1) is 8.58. The van der Waals surface area contributed by atoms with E-state index in [1.807, 2.05) is 30.7 Å². The second-order valence-corrected chi connectivity index (χ2v) is 4.43. The van der Waals surface area contributed by atoms with Crippen molar-refractivity contribution in [2.45, 2.75) is 26.5 Å². The lowest BCUT2D eigenvalue weighted by molar-refractivity contribution is -0.384. The second-order valence-electron chi connectivity index (χ2n) is 4.43. The first-order valence-corrected chi connectivity index (χ1v) is 5.93. The van der Waals surface area contributed by atoms with Crippen molar-refractivity contribution < 1.29 is 9.66 Å². The van der Waals surface area contributed by atoms with E-state index in [9.17, 15) is 10.1 Å². The van der Waals surface area contributed by atoms with Crippen LogP contribution in [0.25, 0.3) is 10.9 Å². The molecule has 0 aliphatic heterocycles. The number of hydrogen-bond acceptors (Lipinski definition) is 3. The zero-order valence-corrected chi connectivity index (χ0v) is 10.5. The molecular weight excluding hydrogens is 232 g/mol. The molecule has 96 valence electrons. The minimum atomic E-state index is -0.376. The van der Waals surface area contributed by atoms with Gasteiger partial charge >= 0.3 is 0 Å². The number of fused-ring (bicyclic) bond motifs is 1. The van der Waals surface area contributed by atoms with Crippen LogP contribution in [-0.2, 0) is 11.3 Å². The van der Waals surface area contributed by atoms with Crippen LogP contribution in [0.4, 0.5) is 5.69 Å². The maximum Gasteiger partial charge on any atom is 0.270 e. The van der Waals surface area contributed by atoms with Crippen molar-refractivity contribution >= 4 is 16.6 Å². The van der Waals surface area contributed by atoms with E-state index in [-0.39, 0.29) is 16.7 Å². The van der Waals surface area contributed by atoms with Crippen LogP contribution in [0.3, 0.4) is 0 Å². The lowest BCUT2D eigenvalue weighted by Gasteiger charge is -2.09. The van der Waals surface area contributed by atoms with Crippen LogP contribution in [0, 0.1) is 10.1 Å². The molecule has 1 aromatic carbocycles. The highest BCUT2D eigenvalue weighted by Crippen LogP contribution is 2.21. The largest absolute Gasteiger partial charge is 0.377 e. The number of nitro benzene ring substituents is 1. The lowest BCUT2D eigenvalue weighted by atomic mass is 10.2. The van der Waals surface area contributed by atoms with Gasteiger partial charge < -0.3 is 9.30 Å². The number of non-ortho nitro benzene ring substituents is 1. The van der Waals surface area contributed by atoms with E-state index in [0.29, 0.717) is 6.61 Å². The summed E-state index contributed by atoms with van der Waals surface area (Å²) in [5.74, 6) is 0. The SMILES string of the molecule is CC(C)OCCn1ccc2cc([N+](=O)[O-])ccc21. The molecule has 0 fully saturated rings. The number of hydrogen-bond donors (Lipinski definition) is 0. The normalized spacial score (nSPS) is 11.3. The third kappa shape index (κ3) is 2.68. The first-order valence-electron chi connectivity index (χ1n) is 5.93. The van der Waals surface area contributed by atoms with Crippen LogP contribution in [0.5, 0.6) is 0 Å². The Morgan fingerprint density at radius 2 is 2.17 bits per heavy atom. The fourth-order valence-corrected chi connectivity index (χ4v) is 1.88. The smallest absolute Gasteiger partial charge is 0.270 e. The molecule has 0 radical (unpaired) electrons. The molecule has 0 aliphatic rings. The van der Waals surface area contributed by atoms with Crippen molar-refractivity contribution in [3.8, 4) is 0 Å². The van der Waals surface area contributed by atoms with Gasteiger partial charge in [0.25, 0.3) is 5.69 Å². The minimum absolute atomic E-state index is 0.124. The van der Waals surface area contributed by atoms with Gasteiger partial charge in [0.05, 0.1) is 17.6 Å². The van der Waals surface area contributed by atoms with Gasteiger partial charge in [-0.3, -0.25) is 10.1 Å². The van der Waals surface area contributed by atoms with Crippen LogP contribution < -0.4 is 0 Å². The van der Waals surface area contributed by atoms with Crippen molar-refractivity contribution in [2.75, 3.05) is 6.61 Å². The Kier molecular flexibility index (Phi) is 3.62. The summed E-state index contributed by atoms with van der Waals surface area (Å²) in [7, 11) is 0. The predicted octanol–water partition coefficient (Wildman–Crippen LogP) is 2.97. The topological polar surface area (TPSA) is 57.3 Å². The molecule has 0 saturated heterocycles. The van der Waals surface area contributed by atoms with Crippen LogP contribution >= 0.6 is 0 Å². The summed E-state index contributed by atoms with van der Waals surface area (Å²) in [6.07, 6.45) is 2.14. The van der Waals surface area contributed by atoms with Gasteiger partial charge in [0.1, 0.15) is 0 Å². The molecule has 0 amide bonds. The summed E-state index contributed by atoms with van der Waals surface area (Å²) >= 11 is 0. The molecular formula is C13H16N2O3. The maximum atomic E-state index is 10.7. The van der Waals surface area contributed by atoms with Crippen molar-refractivity contribution in [3.63, 3.8) is 0 Å². The highest BCUT2D eigenvalue weighted by Gasteiger charge is 2.08. The van der Waals surface area contributed by atoms with Crippen molar-refractivity contribution in [2.24, 2.45) is 0 Å². The van der Waals surface area contributed by atoms with Crippen LogP contribution in [-0.4, -0.2) is 22.2 Å². The average Bonchev–Trinajstić information content (AvgIpc) is 2.71. The molecule has 0 aliphatic carbocycles. The van der Waals surface area contributed by atoms with Crippen LogP contribution in [0.2, 0.25) is 0 Å². The van der Waals surface area contributed by atoms with Gasteiger partial charge in [0, 0.05) is 35.8 Å². The summed E-state index contributed by atoms with van der Waals surface area (Å²) in [6.45, 7) is 5.38. The fourth-order valence-electron chi connectivity index (χ4n) is 1.88. The Bertz CT molecular complexity index is 560. The quantitative estimate of drug-likeness (QED) is 0.603. The summed E-state index contributed by atoms with van der Waals surface area (Å²) < 4.78 is 7.54. The highest BCUT2D eigenvalue weighted by molar-refractivity contribution is 5.82. The molecule has 5 heteroatoms. The second kappa shape index (κ2) is 5.18. The molecule has 5 nitrogen and oxygen atoms in total. The number of benzene rings is 1. The molecule has 0 N–H and O–H groups in total. The van der Waals surface area contributed by atoms with E-state index in [4.69, 9.17) is 4.74 Å². The van der Waals surface area contributed by atoms with Gasteiger partial charge in [-0.2, -0.15) is 0 Å². The van der Waals surface area contributed by atoms with Gasteiger partial charge in [-0.15, -0.1) is 0 Å². The van der Waals surface area contributed by atoms with E-state index in [1.54, 1.807) is 12.1 Å². The molecule has 0 bridgehead atoms. The van der Waals surface area contributed by atoms with Gasteiger partial charge in [-0.25, -0.2) is 0 Å². The molecule has 0 spiro atoms. The maximum absolute atomic E-state index is 10.7. The number of ether oxygens (including phenoxy) is 1. The molecule has 18 heavy (non-hydrogen) atoms. The van der Waals surface area contributed by atoms with Crippen molar-refractivity contribution in [3.05, 3.63) is 40.6 Å². The fraction of sp³-hybridized carbons (Fsp3) is 0.385.